The van der Waals surface area contributed by atoms with E-state index in [1.165, 1.54) is 9.25 Å². The van der Waals surface area contributed by atoms with Crippen LogP contribution in [0, 0.1) is 6.92 Å². The van der Waals surface area contributed by atoms with Crippen LogP contribution in [-0.2, 0) is 7.05 Å². The molecule has 0 spiro atoms. The molecule has 0 aliphatic carbocycles. The molecule has 0 aliphatic rings. The number of nitrogens with two attached hydrogens (primary N) is 1. The van der Waals surface area contributed by atoms with Crippen LogP contribution >= 0.6 is 0 Å². The Morgan fingerprint density at radius 1 is 1.47 bits per heavy atom. The monoisotopic (exact) mass is 205 g/mol. The maximum atomic E-state index is 11.7. The average Bonchev–Trinajstić information content (AvgIpc) is 2.51. The maximum absolute atomic E-state index is 11.7. The minimum atomic E-state index is -0.208. The summed E-state index contributed by atoms with van der Waals surface area (Å²) in [6, 6.07) is 0. The van der Waals surface area contributed by atoms with Crippen molar-refractivity contribution in [3.05, 3.63) is 34.5 Å². The number of nitrogens with zero attached hydrogens (tertiary/aromatic N) is 4. The van der Waals surface area contributed by atoms with E-state index in [0.717, 1.165) is 5.56 Å². The zero-order chi connectivity index (χ0) is 11.0. The lowest BCUT2D eigenvalue weighted by Crippen LogP contribution is -2.23. The zero-order valence-corrected chi connectivity index (χ0v) is 8.51. The first-order valence-corrected chi connectivity index (χ1v) is 4.43. The third kappa shape index (κ3) is 1.50. The third-order valence-corrected chi connectivity index (χ3v) is 2.15. The van der Waals surface area contributed by atoms with Gasteiger partial charge in [0.05, 0.1) is 0 Å². The van der Waals surface area contributed by atoms with E-state index in [-0.39, 0.29) is 11.4 Å². The molecule has 15 heavy (non-hydrogen) atoms. The number of nitrogen functional groups attached to an aromatic ring is 1. The number of hydrogen-bond acceptors (Lipinski definition) is 4. The second-order valence-corrected chi connectivity index (χ2v) is 3.31. The van der Waals surface area contributed by atoms with Crippen molar-refractivity contribution in [3.63, 3.8) is 0 Å². The number of aromatic nitrogens is 4. The summed E-state index contributed by atoms with van der Waals surface area (Å²) >= 11 is 0. The molecule has 0 aromatic carbocycles. The predicted octanol–water partition coefficient (Wildman–Crippen LogP) is -0.143. The molecule has 0 amide bonds. The molecule has 6 nitrogen and oxygen atoms in total. The highest BCUT2D eigenvalue weighted by Crippen LogP contribution is 2.08. The van der Waals surface area contributed by atoms with Gasteiger partial charge in [0.2, 0.25) is 5.82 Å². The molecule has 0 fully saturated rings. The molecule has 6 heteroatoms. The molecule has 2 aromatic rings. The minimum Gasteiger partial charge on any atom is -0.382 e. The Morgan fingerprint density at radius 3 is 2.80 bits per heavy atom. The van der Waals surface area contributed by atoms with Crippen molar-refractivity contribution in [2.45, 2.75) is 6.92 Å². The van der Waals surface area contributed by atoms with Gasteiger partial charge >= 0.3 is 0 Å². The number of aryl methyl sites for hydroxylation is 2. The van der Waals surface area contributed by atoms with Crippen molar-refractivity contribution in [1.29, 1.82) is 0 Å². The predicted molar refractivity (Wildman–Crippen MR) is 55.7 cm³/mol. The van der Waals surface area contributed by atoms with Gasteiger partial charge < -0.3 is 10.3 Å². The highest BCUT2D eigenvalue weighted by molar-refractivity contribution is 5.38. The van der Waals surface area contributed by atoms with Gasteiger partial charge in [0.15, 0.2) is 0 Å². The van der Waals surface area contributed by atoms with Gasteiger partial charge in [0.25, 0.3) is 5.56 Å². The zero-order valence-electron chi connectivity index (χ0n) is 8.51. The van der Waals surface area contributed by atoms with Crippen LogP contribution in [0.25, 0.3) is 5.82 Å². The summed E-state index contributed by atoms with van der Waals surface area (Å²) in [6.45, 7) is 1.83. The summed E-state index contributed by atoms with van der Waals surface area (Å²) in [5.41, 5.74) is 6.21. The fourth-order valence-electron chi connectivity index (χ4n) is 1.22. The lowest BCUT2D eigenvalue weighted by atomic mass is 10.4. The first-order chi connectivity index (χ1) is 7.09. The van der Waals surface area contributed by atoms with Crippen molar-refractivity contribution in [2.75, 3.05) is 5.73 Å². The summed E-state index contributed by atoms with van der Waals surface area (Å²) in [5.74, 6) is 0.655. The van der Waals surface area contributed by atoms with Gasteiger partial charge in [0.1, 0.15) is 5.82 Å². The Balaban J connectivity index is 2.64. The van der Waals surface area contributed by atoms with Crippen molar-refractivity contribution >= 4 is 5.82 Å². The van der Waals surface area contributed by atoms with Crippen molar-refractivity contribution in [2.24, 2.45) is 7.05 Å². The van der Waals surface area contributed by atoms with Gasteiger partial charge in [-0.05, 0) is 6.92 Å². The van der Waals surface area contributed by atoms with E-state index in [4.69, 9.17) is 5.73 Å². The summed E-state index contributed by atoms with van der Waals surface area (Å²) in [6.07, 6.45) is 4.81. The first kappa shape index (κ1) is 9.45. The minimum absolute atomic E-state index is 0.208. The van der Waals surface area contributed by atoms with Crippen LogP contribution in [0.5, 0.6) is 0 Å². The van der Waals surface area contributed by atoms with Crippen LogP contribution < -0.4 is 11.3 Å². The Morgan fingerprint density at radius 2 is 2.20 bits per heavy atom. The van der Waals surface area contributed by atoms with Gasteiger partial charge in [-0.1, -0.05) is 0 Å². The van der Waals surface area contributed by atoms with Crippen LogP contribution in [0.4, 0.5) is 5.82 Å². The van der Waals surface area contributed by atoms with Gasteiger partial charge in [0, 0.05) is 31.2 Å². The van der Waals surface area contributed by atoms with Crippen molar-refractivity contribution in [1.82, 2.24) is 19.3 Å². The summed E-state index contributed by atoms with van der Waals surface area (Å²) in [7, 11) is 1.66. The molecule has 0 unspecified atom stereocenters. The van der Waals surface area contributed by atoms with Crippen LogP contribution in [0.1, 0.15) is 5.56 Å². The van der Waals surface area contributed by atoms with Gasteiger partial charge in [-0.2, -0.15) is 0 Å². The standard InChI is InChI=1S/C9H11N5O/c1-6-5-14(12-7(6)10)8-9(15)13(2)4-3-11-8/h3-5H,1-2H3,(H2,10,12). The molecule has 0 saturated carbocycles. The van der Waals surface area contributed by atoms with Crippen molar-refractivity contribution in [3.8, 4) is 5.82 Å². The van der Waals surface area contributed by atoms with Crippen LogP contribution in [0.3, 0.4) is 0 Å². The molecule has 78 valence electrons. The van der Waals surface area contributed by atoms with Gasteiger partial charge in [-0.25, -0.2) is 9.67 Å². The maximum Gasteiger partial charge on any atom is 0.295 e. The normalized spacial score (nSPS) is 10.5. The molecule has 2 aromatic heterocycles. The lowest BCUT2D eigenvalue weighted by Gasteiger charge is -2.00. The number of anilines is 1. The second kappa shape index (κ2) is 3.23. The van der Waals surface area contributed by atoms with E-state index in [0.29, 0.717) is 5.82 Å². The molecule has 0 aliphatic heterocycles. The molecule has 0 atom stereocenters. The fraction of sp³-hybridized carbons (Fsp3) is 0.222. The third-order valence-electron chi connectivity index (χ3n) is 2.15. The van der Waals surface area contributed by atoms with E-state index in [1.807, 2.05) is 6.92 Å². The Hall–Kier alpha value is -2.11. The first-order valence-electron chi connectivity index (χ1n) is 4.43. The van der Waals surface area contributed by atoms with E-state index >= 15 is 0 Å². The number of hydrogen-bond donors (Lipinski definition) is 1. The van der Waals surface area contributed by atoms with E-state index in [9.17, 15) is 4.79 Å². The average molecular weight is 205 g/mol. The van der Waals surface area contributed by atoms with Gasteiger partial charge in [-0.3, -0.25) is 4.79 Å². The molecule has 0 radical (unpaired) electrons. The highest BCUT2D eigenvalue weighted by Gasteiger charge is 2.08. The summed E-state index contributed by atoms with van der Waals surface area (Å²) < 4.78 is 2.84. The summed E-state index contributed by atoms with van der Waals surface area (Å²) in [4.78, 5) is 15.7. The molecule has 2 heterocycles. The molecule has 2 rings (SSSR count). The molecular weight excluding hydrogens is 194 g/mol. The van der Waals surface area contributed by atoms with E-state index < -0.39 is 0 Å². The Labute approximate surface area is 86.0 Å². The smallest absolute Gasteiger partial charge is 0.295 e. The van der Waals surface area contributed by atoms with E-state index in [1.54, 1.807) is 25.6 Å². The molecule has 2 N–H and O–H groups in total. The Kier molecular flexibility index (Phi) is 2.03. The molecule has 0 bridgehead atoms. The lowest BCUT2D eigenvalue weighted by molar-refractivity contribution is 0.768. The number of rotatable bonds is 1. The van der Waals surface area contributed by atoms with Crippen LogP contribution in [0.15, 0.2) is 23.4 Å². The second-order valence-electron chi connectivity index (χ2n) is 3.31. The van der Waals surface area contributed by atoms with E-state index in [2.05, 4.69) is 10.1 Å². The quantitative estimate of drug-likeness (QED) is 0.702. The van der Waals surface area contributed by atoms with Crippen molar-refractivity contribution < 1.29 is 0 Å². The molecular formula is C9H11N5O. The molecule has 0 saturated heterocycles. The topological polar surface area (TPSA) is 78.7 Å². The Bertz CT molecular complexity index is 534. The largest absolute Gasteiger partial charge is 0.382 e. The SMILES string of the molecule is Cc1cn(-c2nccn(C)c2=O)nc1N. The van der Waals surface area contributed by atoms with Gasteiger partial charge in [-0.15, -0.1) is 5.10 Å². The fourth-order valence-corrected chi connectivity index (χ4v) is 1.22. The van der Waals surface area contributed by atoms with Crippen LogP contribution in [-0.4, -0.2) is 19.3 Å². The highest BCUT2D eigenvalue weighted by atomic mass is 16.1. The summed E-state index contributed by atoms with van der Waals surface area (Å²) in [5, 5.41) is 4.00. The van der Waals surface area contributed by atoms with Crippen LogP contribution in [0.2, 0.25) is 0 Å².